The first-order valence-corrected chi connectivity index (χ1v) is 8.81. The Bertz CT molecular complexity index is 798. The zero-order chi connectivity index (χ0) is 15.9. The van der Waals surface area contributed by atoms with Gasteiger partial charge in [0.15, 0.2) is 5.16 Å². The average molecular weight is 339 g/mol. The first kappa shape index (κ1) is 15.5. The molecule has 22 heavy (non-hydrogen) atoms. The second-order valence-corrected chi connectivity index (χ2v) is 7.63. The van der Waals surface area contributed by atoms with Gasteiger partial charge >= 0.3 is 0 Å². The van der Waals surface area contributed by atoms with Crippen molar-refractivity contribution in [2.24, 2.45) is 5.73 Å². The van der Waals surface area contributed by atoms with E-state index in [1.165, 1.54) is 11.3 Å². The van der Waals surface area contributed by atoms with Crippen LogP contribution in [0.4, 0.5) is 0 Å². The number of ether oxygens (including phenoxy) is 1. The third kappa shape index (κ3) is 2.78. The van der Waals surface area contributed by atoms with Crippen LogP contribution in [0, 0.1) is 0 Å². The molecule has 1 amide bonds. The number of thioether (sulfide) groups is 1. The Labute approximate surface area is 135 Å². The monoisotopic (exact) mass is 339 g/mol. The van der Waals surface area contributed by atoms with Crippen LogP contribution in [0.15, 0.2) is 9.95 Å². The van der Waals surface area contributed by atoms with Crippen LogP contribution in [0.2, 0.25) is 0 Å². The first-order valence-electron chi connectivity index (χ1n) is 7.01. The first-order chi connectivity index (χ1) is 10.4. The van der Waals surface area contributed by atoms with Crippen LogP contribution in [0.25, 0.3) is 10.2 Å². The molecule has 2 aromatic rings. The lowest BCUT2D eigenvalue weighted by Crippen LogP contribution is -2.34. The summed E-state index contributed by atoms with van der Waals surface area (Å²) in [6, 6.07) is 0. The van der Waals surface area contributed by atoms with E-state index >= 15 is 0 Å². The summed E-state index contributed by atoms with van der Waals surface area (Å²) in [5.74, 6) is -0.346. The smallest absolute Gasteiger partial charge is 0.260 e. The fourth-order valence-electron chi connectivity index (χ4n) is 2.49. The van der Waals surface area contributed by atoms with E-state index in [2.05, 4.69) is 23.8 Å². The van der Waals surface area contributed by atoms with Gasteiger partial charge in [-0.1, -0.05) is 18.7 Å². The van der Waals surface area contributed by atoms with Crippen molar-refractivity contribution < 1.29 is 9.53 Å². The van der Waals surface area contributed by atoms with E-state index in [4.69, 9.17) is 10.5 Å². The largest absolute Gasteiger partial charge is 0.369 e. The van der Waals surface area contributed by atoms with E-state index < -0.39 is 5.91 Å². The number of aromatic nitrogens is 2. The number of carbonyl (C=O) groups excluding carboxylic acids is 1. The van der Waals surface area contributed by atoms with Crippen LogP contribution in [0.3, 0.4) is 0 Å². The van der Waals surface area contributed by atoms with E-state index in [1.54, 1.807) is 0 Å². The number of hydrogen-bond acceptors (Lipinski definition) is 6. The molecule has 0 bridgehead atoms. The number of aromatic amines is 1. The van der Waals surface area contributed by atoms with Gasteiger partial charge in [0.05, 0.1) is 23.3 Å². The van der Waals surface area contributed by atoms with Crippen LogP contribution < -0.4 is 11.3 Å². The average Bonchev–Trinajstić information content (AvgIpc) is 2.83. The highest BCUT2D eigenvalue weighted by atomic mass is 32.2. The summed E-state index contributed by atoms with van der Waals surface area (Å²) in [5, 5.41) is 1.08. The molecular weight excluding hydrogens is 322 g/mol. The van der Waals surface area contributed by atoms with Crippen molar-refractivity contribution in [2.45, 2.75) is 44.1 Å². The Balaban J connectivity index is 2.04. The van der Waals surface area contributed by atoms with Crippen LogP contribution >= 0.6 is 23.1 Å². The van der Waals surface area contributed by atoms with Gasteiger partial charge < -0.3 is 15.5 Å². The number of primary amides is 1. The molecule has 118 valence electrons. The van der Waals surface area contributed by atoms with Gasteiger partial charge in [0.25, 0.3) is 5.56 Å². The minimum atomic E-state index is -0.440. The normalized spacial score (nSPS) is 21.0. The second kappa shape index (κ2) is 5.68. The van der Waals surface area contributed by atoms with Gasteiger partial charge in [0.2, 0.25) is 5.91 Å². The molecule has 0 aliphatic carbocycles. The van der Waals surface area contributed by atoms with Crippen molar-refractivity contribution in [3.63, 3.8) is 0 Å². The summed E-state index contributed by atoms with van der Waals surface area (Å²) in [6.07, 6.45) is 1.61. The lowest BCUT2D eigenvalue weighted by molar-refractivity contribution is -0.115. The fourth-order valence-corrected chi connectivity index (χ4v) is 4.25. The zero-order valence-electron chi connectivity index (χ0n) is 12.4. The number of H-pyrrole nitrogens is 1. The van der Waals surface area contributed by atoms with Crippen LogP contribution in [0.5, 0.6) is 0 Å². The molecule has 0 spiro atoms. The molecule has 1 aliphatic rings. The summed E-state index contributed by atoms with van der Waals surface area (Å²) in [5.41, 5.74) is 5.79. The van der Waals surface area contributed by atoms with Crippen molar-refractivity contribution in [1.82, 2.24) is 9.97 Å². The summed E-state index contributed by atoms with van der Waals surface area (Å²) < 4.78 is 5.92. The number of carbonyl (C=O) groups is 1. The van der Waals surface area contributed by atoms with Gasteiger partial charge in [-0.05, 0) is 18.9 Å². The van der Waals surface area contributed by atoms with Gasteiger partial charge in [-0.25, -0.2) is 4.98 Å². The summed E-state index contributed by atoms with van der Waals surface area (Å²) in [4.78, 5) is 32.2. The van der Waals surface area contributed by atoms with Gasteiger partial charge in [-0.3, -0.25) is 9.59 Å². The van der Waals surface area contributed by atoms with Crippen LogP contribution in [-0.2, 0) is 22.6 Å². The molecule has 1 unspecified atom stereocenters. The number of nitrogens with two attached hydrogens (primary N) is 1. The third-order valence-electron chi connectivity index (χ3n) is 3.92. The van der Waals surface area contributed by atoms with E-state index in [9.17, 15) is 9.59 Å². The summed E-state index contributed by atoms with van der Waals surface area (Å²) in [6.45, 7) is 4.67. The topological polar surface area (TPSA) is 98.1 Å². The molecule has 2 aromatic heterocycles. The maximum atomic E-state index is 12.4. The number of amides is 1. The molecule has 0 aromatic carbocycles. The number of rotatable bonds is 4. The van der Waals surface area contributed by atoms with Gasteiger partial charge in [0, 0.05) is 11.3 Å². The quantitative estimate of drug-likeness (QED) is 0.654. The van der Waals surface area contributed by atoms with E-state index in [1.807, 2.05) is 0 Å². The SMILES string of the molecule is CCC1(C)Cc2c(sc3nc(SCC(N)=O)[nH]c(=O)c23)CO1. The third-order valence-corrected chi connectivity index (χ3v) is 5.92. The fraction of sp³-hybridized carbons (Fsp3) is 0.500. The molecule has 6 nitrogen and oxygen atoms in total. The molecule has 3 N–H and O–H groups in total. The zero-order valence-corrected chi connectivity index (χ0v) is 14.0. The van der Waals surface area contributed by atoms with E-state index in [0.717, 1.165) is 35.0 Å². The van der Waals surface area contributed by atoms with Crippen molar-refractivity contribution in [3.8, 4) is 0 Å². The Morgan fingerprint density at radius 1 is 1.59 bits per heavy atom. The Kier molecular flexibility index (Phi) is 4.00. The van der Waals surface area contributed by atoms with E-state index in [0.29, 0.717) is 22.0 Å². The Hall–Kier alpha value is -1.38. The molecule has 3 rings (SSSR count). The molecule has 0 radical (unpaired) electrons. The lowest BCUT2D eigenvalue weighted by Gasteiger charge is -2.32. The molecule has 0 fully saturated rings. The van der Waals surface area contributed by atoms with Crippen LogP contribution in [-0.4, -0.2) is 27.2 Å². The maximum absolute atomic E-state index is 12.4. The molecule has 3 heterocycles. The number of nitrogens with one attached hydrogen (secondary N) is 1. The minimum Gasteiger partial charge on any atom is -0.369 e. The highest BCUT2D eigenvalue weighted by molar-refractivity contribution is 7.99. The van der Waals surface area contributed by atoms with Crippen molar-refractivity contribution in [3.05, 3.63) is 20.8 Å². The standard InChI is InChI=1S/C14H17N3O3S2/c1-3-14(2)4-7-8(5-20-14)22-12-10(7)11(19)16-13(17-12)21-6-9(15)18/h3-6H2,1-2H3,(H2,15,18)(H,16,17,19). The Morgan fingerprint density at radius 2 is 2.36 bits per heavy atom. The predicted octanol–water partition coefficient (Wildman–Crippen LogP) is 1.80. The van der Waals surface area contributed by atoms with Gasteiger partial charge in [-0.15, -0.1) is 11.3 Å². The number of nitrogens with zero attached hydrogens (tertiary/aromatic N) is 1. The second-order valence-electron chi connectivity index (χ2n) is 5.58. The summed E-state index contributed by atoms with van der Waals surface area (Å²) >= 11 is 2.63. The molecule has 0 saturated heterocycles. The van der Waals surface area contributed by atoms with Gasteiger partial charge in [-0.2, -0.15) is 0 Å². The molecule has 0 saturated carbocycles. The number of thiophene rings is 1. The lowest BCUT2D eigenvalue weighted by atomic mass is 9.90. The van der Waals surface area contributed by atoms with Crippen molar-refractivity contribution in [2.75, 3.05) is 5.75 Å². The molecule has 1 atom stereocenters. The number of fused-ring (bicyclic) bond motifs is 3. The van der Waals surface area contributed by atoms with E-state index in [-0.39, 0.29) is 16.9 Å². The maximum Gasteiger partial charge on any atom is 0.260 e. The van der Waals surface area contributed by atoms with Crippen LogP contribution in [0.1, 0.15) is 30.7 Å². The van der Waals surface area contributed by atoms with Crippen molar-refractivity contribution in [1.29, 1.82) is 0 Å². The predicted molar refractivity (Wildman–Crippen MR) is 87.3 cm³/mol. The molecule has 8 heteroatoms. The molecular formula is C14H17N3O3S2. The highest BCUT2D eigenvalue weighted by Crippen LogP contribution is 2.38. The summed E-state index contributed by atoms with van der Waals surface area (Å²) in [7, 11) is 0. The Morgan fingerprint density at radius 3 is 3.05 bits per heavy atom. The van der Waals surface area contributed by atoms with Crippen molar-refractivity contribution >= 4 is 39.2 Å². The number of hydrogen-bond donors (Lipinski definition) is 2. The van der Waals surface area contributed by atoms with Gasteiger partial charge in [0.1, 0.15) is 4.83 Å². The minimum absolute atomic E-state index is 0.0938. The molecule has 1 aliphatic heterocycles. The highest BCUT2D eigenvalue weighted by Gasteiger charge is 2.32.